The van der Waals surface area contributed by atoms with Gasteiger partial charge in [0.1, 0.15) is 24.8 Å². The van der Waals surface area contributed by atoms with Crippen LogP contribution in [-0.2, 0) is 18.4 Å². The van der Waals surface area contributed by atoms with E-state index in [0.717, 1.165) is 11.1 Å². The van der Waals surface area contributed by atoms with Crippen molar-refractivity contribution in [3.8, 4) is 0 Å². The molecule has 3 rings (SSSR count). The highest BCUT2D eigenvalue weighted by molar-refractivity contribution is 6.26. The number of carbonyl (C=O) groups is 2. The summed E-state index contributed by atoms with van der Waals surface area (Å²) in [5.41, 5.74) is 1.48. The van der Waals surface area contributed by atoms with Gasteiger partial charge in [-0.2, -0.15) is 0 Å². The first-order valence-electron chi connectivity index (χ1n) is 12.3. The summed E-state index contributed by atoms with van der Waals surface area (Å²) >= 11 is 0. The largest absolute Gasteiger partial charge is 0.446 e. The quantitative estimate of drug-likeness (QED) is 0.307. The summed E-state index contributed by atoms with van der Waals surface area (Å²) in [4.78, 5) is 26.7. The number of nitrogens with zero attached hydrogens (tertiary/aromatic N) is 1. The van der Waals surface area contributed by atoms with Gasteiger partial charge in [0, 0.05) is 11.8 Å². The fourth-order valence-electron chi connectivity index (χ4n) is 4.80. The molecule has 0 N–H and O–H groups in total. The second kappa shape index (κ2) is 12.6. The predicted molar refractivity (Wildman–Crippen MR) is 139 cm³/mol. The summed E-state index contributed by atoms with van der Waals surface area (Å²) in [6, 6.07) is 15.6. The summed E-state index contributed by atoms with van der Waals surface area (Å²) in [6.45, 7) is 8.55. The van der Waals surface area contributed by atoms with Crippen molar-refractivity contribution in [1.82, 2.24) is 4.90 Å². The third-order valence-electron chi connectivity index (χ3n) is 6.62. The van der Waals surface area contributed by atoms with Crippen molar-refractivity contribution in [1.29, 1.82) is 0 Å². The van der Waals surface area contributed by atoms with Crippen LogP contribution in [0.5, 0.6) is 0 Å². The number of hydrogen-bond donors (Lipinski definition) is 0. The van der Waals surface area contributed by atoms with Gasteiger partial charge >= 0.3 is 6.09 Å². The van der Waals surface area contributed by atoms with E-state index in [4.69, 9.17) is 13.6 Å². The van der Waals surface area contributed by atoms with Crippen molar-refractivity contribution in [3.05, 3.63) is 71.5 Å². The van der Waals surface area contributed by atoms with E-state index >= 15 is 0 Å². The summed E-state index contributed by atoms with van der Waals surface area (Å²) in [7, 11) is -1.41. The van der Waals surface area contributed by atoms with Gasteiger partial charge in [-0.15, -0.1) is 0 Å². The summed E-state index contributed by atoms with van der Waals surface area (Å²) in [5, 5.41) is 0. The number of carbonyl (C=O) groups excluding carboxylic acids is 2. The van der Waals surface area contributed by atoms with Crippen molar-refractivity contribution in [2.24, 2.45) is 5.41 Å². The molecule has 2 amide bonds. The molecule has 2 unspecified atom stereocenters. The third kappa shape index (κ3) is 6.66. The van der Waals surface area contributed by atoms with Crippen LogP contribution in [0.2, 0.25) is 13.1 Å². The second-order valence-corrected chi connectivity index (χ2v) is 11.1. The lowest BCUT2D eigenvalue weighted by Crippen LogP contribution is -2.40. The number of cyclic esters (lactones) is 1. The normalized spacial score (nSPS) is 18.5. The van der Waals surface area contributed by atoms with E-state index in [0.29, 0.717) is 12.8 Å². The van der Waals surface area contributed by atoms with Crippen LogP contribution in [-0.4, -0.2) is 49.3 Å². The van der Waals surface area contributed by atoms with Crippen LogP contribution in [0.15, 0.2) is 54.6 Å². The fourth-order valence-corrected chi connectivity index (χ4v) is 6.65. The molecule has 0 radical (unpaired) electrons. The minimum absolute atomic E-state index is 0.0163. The van der Waals surface area contributed by atoms with E-state index in [1.165, 1.54) is 17.0 Å². The van der Waals surface area contributed by atoms with Crippen molar-refractivity contribution >= 4 is 31.5 Å². The van der Waals surface area contributed by atoms with Gasteiger partial charge in [0.05, 0.1) is 0 Å². The van der Waals surface area contributed by atoms with Crippen LogP contribution < -0.4 is 0 Å². The van der Waals surface area contributed by atoms with E-state index < -0.39 is 31.7 Å². The highest BCUT2D eigenvalue weighted by Crippen LogP contribution is 2.43. The van der Waals surface area contributed by atoms with Gasteiger partial charge in [0.15, 0.2) is 19.5 Å². The summed E-state index contributed by atoms with van der Waals surface area (Å²) in [5.74, 6) is -0.550. The average Bonchev–Trinajstić information content (AvgIpc) is 3.24. The van der Waals surface area contributed by atoms with Gasteiger partial charge < -0.3 is 13.6 Å². The number of ether oxygens (including phenoxy) is 1. The van der Waals surface area contributed by atoms with E-state index in [9.17, 15) is 14.0 Å². The van der Waals surface area contributed by atoms with Crippen LogP contribution >= 0.6 is 0 Å². The van der Waals surface area contributed by atoms with Gasteiger partial charge in [-0.05, 0) is 42.0 Å². The number of benzene rings is 2. The Balaban J connectivity index is 1.75. The van der Waals surface area contributed by atoms with Crippen LogP contribution in [0.25, 0.3) is 0 Å². The fraction of sp³-hybridized carbons (Fsp3) is 0.462. The second-order valence-electron chi connectivity index (χ2n) is 9.33. The lowest BCUT2D eigenvalue weighted by atomic mass is 9.72. The molecule has 190 valence electrons. The maximum Gasteiger partial charge on any atom is 0.417 e. The zero-order chi connectivity index (χ0) is 25.4. The molecular weight excluding hydrogens is 481 g/mol. The zero-order valence-electron chi connectivity index (χ0n) is 21.0. The summed E-state index contributed by atoms with van der Waals surface area (Å²) in [6.07, 6.45) is 0.516. The smallest absolute Gasteiger partial charge is 0.417 e. The lowest BCUT2D eigenvalue weighted by Gasteiger charge is -2.41. The monoisotopic (exact) mass is 517 g/mol. The molecule has 0 bridgehead atoms. The Morgan fingerprint density at radius 3 is 2.34 bits per heavy atom. The summed E-state index contributed by atoms with van der Waals surface area (Å²) < 4.78 is 31.1. The molecular formula is C26H36FNO5Si2. The molecule has 0 aliphatic carbocycles. The van der Waals surface area contributed by atoms with Crippen LogP contribution in [0, 0.1) is 11.2 Å². The van der Waals surface area contributed by atoms with Gasteiger partial charge in [-0.1, -0.05) is 69.4 Å². The lowest BCUT2D eigenvalue weighted by molar-refractivity contribution is -0.129. The molecule has 2 aromatic rings. The van der Waals surface area contributed by atoms with Gasteiger partial charge in [-0.25, -0.2) is 14.1 Å². The number of halogens is 1. The Morgan fingerprint density at radius 1 is 1.11 bits per heavy atom. The molecule has 2 aromatic carbocycles. The average molecular weight is 518 g/mol. The van der Waals surface area contributed by atoms with E-state index in [-0.39, 0.29) is 42.4 Å². The SMILES string of the molecule is C[SiH2]OC(O[SiH2]C)C(C)(C)C(CCCC(=O)N1C(=O)OCC1c1ccccc1)c1ccc(F)cc1. The van der Waals surface area contributed by atoms with Crippen molar-refractivity contribution < 1.29 is 27.6 Å². The molecule has 35 heavy (non-hydrogen) atoms. The van der Waals surface area contributed by atoms with E-state index in [1.54, 1.807) is 12.1 Å². The first-order chi connectivity index (χ1) is 16.8. The highest BCUT2D eigenvalue weighted by Gasteiger charge is 2.41. The maximum atomic E-state index is 13.7. The van der Waals surface area contributed by atoms with Crippen LogP contribution in [0.3, 0.4) is 0 Å². The van der Waals surface area contributed by atoms with E-state index in [2.05, 4.69) is 26.9 Å². The molecule has 9 heteroatoms. The van der Waals surface area contributed by atoms with Crippen molar-refractivity contribution in [2.45, 2.75) is 64.5 Å². The molecule has 0 spiro atoms. The molecule has 1 heterocycles. The Bertz CT molecular complexity index is 967. The van der Waals surface area contributed by atoms with E-state index in [1.807, 2.05) is 30.3 Å². The minimum atomic E-state index is -0.707. The molecule has 0 aromatic heterocycles. The topological polar surface area (TPSA) is 65.1 Å². The number of rotatable bonds is 12. The van der Waals surface area contributed by atoms with Gasteiger partial charge in [0.25, 0.3) is 0 Å². The number of imide groups is 1. The molecule has 6 nitrogen and oxygen atoms in total. The molecule has 1 fully saturated rings. The maximum absolute atomic E-state index is 13.7. The molecule has 1 aliphatic rings. The van der Waals surface area contributed by atoms with Gasteiger partial charge in [-0.3, -0.25) is 4.79 Å². The Kier molecular flexibility index (Phi) is 9.79. The first kappa shape index (κ1) is 27.3. The number of amides is 2. The molecule has 2 atom stereocenters. The third-order valence-corrected chi connectivity index (χ3v) is 7.90. The Hall–Kier alpha value is -2.34. The Labute approximate surface area is 212 Å². The molecule has 1 saturated heterocycles. The first-order valence-corrected chi connectivity index (χ1v) is 16.3. The Morgan fingerprint density at radius 2 is 1.74 bits per heavy atom. The minimum Gasteiger partial charge on any atom is -0.446 e. The van der Waals surface area contributed by atoms with Crippen molar-refractivity contribution in [2.75, 3.05) is 6.61 Å². The highest BCUT2D eigenvalue weighted by atomic mass is 28.2. The van der Waals surface area contributed by atoms with Crippen LogP contribution in [0.1, 0.15) is 56.2 Å². The molecule has 0 saturated carbocycles. The predicted octanol–water partition coefficient (Wildman–Crippen LogP) is 4.45. The van der Waals surface area contributed by atoms with Crippen molar-refractivity contribution in [3.63, 3.8) is 0 Å². The molecule has 1 aliphatic heterocycles. The zero-order valence-corrected chi connectivity index (χ0v) is 23.9. The number of hydrogen-bond acceptors (Lipinski definition) is 5. The van der Waals surface area contributed by atoms with Gasteiger partial charge in [0.2, 0.25) is 5.91 Å². The van der Waals surface area contributed by atoms with Crippen LogP contribution in [0.4, 0.5) is 9.18 Å². The standard InChI is InChI=1S/C26H36FNO5Si2/c1-26(2,24(32-34-3)33-35-4)21(18-13-15-20(27)16-14-18)11-8-12-23(29)28-22(17-31-25(28)30)19-9-6-5-7-10-19/h5-7,9-10,13-16,21-22,24H,8,11-12,17,34-35H2,1-4H3.